The largest absolute Gasteiger partial charge is 0.493 e. The SMILES string of the molecule is CCOc1cc2c(Cl)csc2cc1Br. The van der Waals surface area contributed by atoms with E-state index in [2.05, 4.69) is 15.9 Å². The maximum atomic E-state index is 6.04. The van der Waals surface area contributed by atoms with Crippen LogP contribution in [-0.4, -0.2) is 6.61 Å². The highest BCUT2D eigenvalue weighted by atomic mass is 79.9. The molecule has 14 heavy (non-hydrogen) atoms. The number of thiophene rings is 1. The van der Waals surface area contributed by atoms with Crippen molar-refractivity contribution < 1.29 is 4.74 Å². The fraction of sp³-hybridized carbons (Fsp3) is 0.200. The first kappa shape index (κ1) is 10.3. The predicted molar refractivity (Wildman–Crippen MR) is 65.7 cm³/mol. The minimum atomic E-state index is 0.659. The number of halogens is 2. The molecule has 0 unspecified atom stereocenters. The van der Waals surface area contributed by atoms with E-state index in [1.165, 1.54) is 4.70 Å². The first-order valence-corrected chi connectivity index (χ1v) is 6.26. The average molecular weight is 292 g/mol. The summed E-state index contributed by atoms with van der Waals surface area (Å²) in [6.45, 7) is 2.62. The Morgan fingerprint density at radius 3 is 3.00 bits per heavy atom. The van der Waals surface area contributed by atoms with E-state index in [4.69, 9.17) is 16.3 Å². The standard InChI is InChI=1S/C10H8BrClOS/c1-2-13-9-3-6-8(12)5-14-10(6)4-7(9)11/h3-5H,2H2,1H3. The zero-order valence-corrected chi connectivity index (χ0v) is 10.7. The summed E-state index contributed by atoms with van der Waals surface area (Å²) in [4.78, 5) is 0. The lowest BCUT2D eigenvalue weighted by Gasteiger charge is -2.05. The highest BCUT2D eigenvalue weighted by Gasteiger charge is 2.07. The van der Waals surface area contributed by atoms with Crippen LogP contribution in [0, 0.1) is 0 Å². The second-order valence-electron chi connectivity index (χ2n) is 2.80. The van der Waals surface area contributed by atoms with E-state index in [1.807, 2.05) is 24.4 Å². The number of benzene rings is 1. The number of hydrogen-bond donors (Lipinski definition) is 0. The summed E-state index contributed by atoms with van der Waals surface area (Å²) in [5.41, 5.74) is 0. The van der Waals surface area contributed by atoms with Gasteiger partial charge in [-0.05, 0) is 35.0 Å². The summed E-state index contributed by atoms with van der Waals surface area (Å²) in [5.74, 6) is 0.848. The molecule has 1 aromatic carbocycles. The van der Waals surface area contributed by atoms with Crippen molar-refractivity contribution >= 4 is 49.0 Å². The molecule has 0 saturated carbocycles. The first-order chi connectivity index (χ1) is 6.72. The van der Waals surface area contributed by atoms with Crippen molar-refractivity contribution in [2.24, 2.45) is 0 Å². The van der Waals surface area contributed by atoms with E-state index in [0.717, 1.165) is 20.6 Å². The third-order valence-corrected chi connectivity index (χ3v) is 3.89. The van der Waals surface area contributed by atoms with Crippen LogP contribution in [0.25, 0.3) is 10.1 Å². The van der Waals surface area contributed by atoms with Crippen LogP contribution in [0.4, 0.5) is 0 Å². The lowest BCUT2D eigenvalue weighted by Crippen LogP contribution is -1.91. The lowest BCUT2D eigenvalue weighted by molar-refractivity contribution is 0.338. The summed E-state index contributed by atoms with van der Waals surface area (Å²) < 4.78 is 7.62. The zero-order valence-electron chi connectivity index (χ0n) is 7.51. The zero-order chi connectivity index (χ0) is 10.1. The minimum Gasteiger partial charge on any atom is -0.493 e. The molecule has 0 radical (unpaired) electrons. The molecule has 2 aromatic rings. The molecular formula is C10H8BrClOS. The van der Waals surface area contributed by atoms with E-state index in [1.54, 1.807) is 11.3 Å². The van der Waals surface area contributed by atoms with E-state index in [0.29, 0.717) is 6.61 Å². The van der Waals surface area contributed by atoms with Crippen molar-refractivity contribution in [3.63, 3.8) is 0 Å². The van der Waals surface area contributed by atoms with Crippen molar-refractivity contribution in [1.29, 1.82) is 0 Å². The van der Waals surface area contributed by atoms with Crippen LogP contribution in [0.3, 0.4) is 0 Å². The highest BCUT2D eigenvalue weighted by Crippen LogP contribution is 2.37. The molecule has 2 rings (SSSR count). The molecule has 1 nitrogen and oxygen atoms in total. The summed E-state index contributed by atoms with van der Waals surface area (Å²) in [5, 5.41) is 3.79. The van der Waals surface area contributed by atoms with Crippen LogP contribution in [0.5, 0.6) is 5.75 Å². The van der Waals surface area contributed by atoms with Gasteiger partial charge in [0.15, 0.2) is 0 Å². The third-order valence-electron chi connectivity index (χ3n) is 1.88. The number of fused-ring (bicyclic) bond motifs is 1. The number of rotatable bonds is 2. The van der Waals surface area contributed by atoms with Crippen molar-refractivity contribution in [3.05, 3.63) is 27.0 Å². The monoisotopic (exact) mass is 290 g/mol. The van der Waals surface area contributed by atoms with Gasteiger partial charge in [0.25, 0.3) is 0 Å². The molecule has 1 heterocycles. The van der Waals surface area contributed by atoms with Crippen molar-refractivity contribution in [3.8, 4) is 5.75 Å². The second-order valence-corrected chi connectivity index (χ2v) is 4.97. The fourth-order valence-corrected chi connectivity index (χ4v) is 3.06. The van der Waals surface area contributed by atoms with Crippen LogP contribution in [-0.2, 0) is 0 Å². The topological polar surface area (TPSA) is 9.23 Å². The van der Waals surface area contributed by atoms with Gasteiger partial charge in [-0.2, -0.15) is 0 Å². The molecule has 4 heteroatoms. The molecule has 0 spiro atoms. The maximum absolute atomic E-state index is 6.04. The average Bonchev–Trinajstić information content (AvgIpc) is 2.49. The fourth-order valence-electron chi connectivity index (χ4n) is 1.26. The van der Waals surface area contributed by atoms with E-state index >= 15 is 0 Å². The second kappa shape index (κ2) is 4.09. The molecule has 0 N–H and O–H groups in total. The Kier molecular flexibility index (Phi) is 3.00. The minimum absolute atomic E-state index is 0.659. The van der Waals surface area contributed by atoms with E-state index in [-0.39, 0.29) is 0 Å². The molecule has 0 aliphatic carbocycles. The summed E-state index contributed by atoms with van der Waals surface area (Å²) in [7, 11) is 0. The molecule has 0 fully saturated rings. The molecule has 0 amide bonds. The van der Waals surface area contributed by atoms with Crippen LogP contribution in [0.2, 0.25) is 5.02 Å². The number of ether oxygens (including phenoxy) is 1. The van der Waals surface area contributed by atoms with Crippen LogP contribution >= 0.6 is 38.9 Å². The Morgan fingerprint density at radius 1 is 1.50 bits per heavy atom. The maximum Gasteiger partial charge on any atom is 0.134 e. The lowest BCUT2D eigenvalue weighted by atomic mass is 10.2. The third kappa shape index (κ3) is 1.76. The van der Waals surface area contributed by atoms with E-state index in [9.17, 15) is 0 Å². The summed E-state index contributed by atoms with van der Waals surface area (Å²) in [6, 6.07) is 4.01. The molecular weight excluding hydrogens is 284 g/mol. The van der Waals surface area contributed by atoms with Crippen LogP contribution in [0.1, 0.15) is 6.92 Å². The molecule has 0 aliphatic rings. The molecule has 0 atom stereocenters. The Labute approximate surface area is 99.8 Å². The molecule has 74 valence electrons. The van der Waals surface area contributed by atoms with Gasteiger partial charge in [-0.3, -0.25) is 0 Å². The number of hydrogen-bond acceptors (Lipinski definition) is 2. The van der Waals surface area contributed by atoms with Gasteiger partial charge in [0.1, 0.15) is 5.75 Å². The van der Waals surface area contributed by atoms with Crippen LogP contribution < -0.4 is 4.74 Å². The van der Waals surface area contributed by atoms with Gasteiger partial charge in [0.05, 0.1) is 16.1 Å². The molecule has 1 aromatic heterocycles. The quantitative estimate of drug-likeness (QED) is 0.778. The van der Waals surface area contributed by atoms with Gasteiger partial charge < -0.3 is 4.74 Å². The Balaban J connectivity index is 2.61. The summed E-state index contributed by atoms with van der Waals surface area (Å²) in [6.07, 6.45) is 0. The Hall–Kier alpha value is -0.250. The van der Waals surface area contributed by atoms with Gasteiger partial charge in [-0.1, -0.05) is 11.6 Å². The normalized spacial score (nSPS) is 10.8. The summed E-state index contributed by atoms with van der Waals surface area (Å²) >= 11 is 11.1. The smallest absolute Gasteiger partial charge is 0.134 e. The molecule has 0 aliphatic heterocycles. The van der Waals surface area contributed by atoms with Gasteiger partial charge in [-0.15, -0.1) is 11.3 Å². The molecule has 0 bridgehead atoms. The van der Waals surface area contributed by atoms with Crippen molar-refractivity contribution in [2.75, 3.05) is 6.61 Å². The molecule has 0 saturated heterocycles. The Morgan fingerprint density at radius 2 is 2.29 bits per heavy atom. The van der Waals surface area contributed by atoms with Crippen molar-refractivity contribution in [1.82, 2.24) is 0 Å². The van der Waals surface area contributed by atoms with Crippen LogP contribution in [0.15, 0.2) is 22.0 Å². The van der Waals surface area contributed by atoms with Gasteiger partial charge in [0, 0.05) is 15.5 Å². The first-order valence-electron chi connectivity index (χ1n) is 4.21. The van der Waals surface area contributed by atoms with Gasteiger partial charge >= 0.3 is 0 Å². The van der Waals surface area contributed by atoms with E-state index < -0.39 is 0 Å². The van der Waals surface area contributed by atoms with Gasteiger partial charge in [-0.25, -0.2) is 0 Å². The van der Waals surface area contributed by atoms with Crippen molar-refractivity contribution in [2.45, 2.75) is 6.92 Å². The highest BCUT2D eigenvalue weighted by molar-refractivity contribution is 9.10. The van der Waals surface area contributed by atoms with Gasteiger partial charge in [0.2, 0.25) is 0 Å². The Bertz CT molecular complexity index is 466. The predicted octanol–water partition coefficient (Wildman–Crippen LogP) is 4.72.